The molecule has 1 aliphatic heterocycles. The second-order valence-corrected chi connectivity index (χ2v) is 8.07. The summed E-state index contributed by atoms with van der Waals surface area (Å²) < 4.78 is 0. The zero-order valence-electron chi connectivity index (χ0n) is 15.2. The monoisotopic (exact) mass is 410 g/mol. The molecule has 6 heteroatoms. The minimum atomic E-state index is -0.239. The lowest BCUT2D eigenvalue weighted by molar-refractivity contribution is 0.0986. The van der Waals surface area contributed by atoms with E-state index >= 15 is 0 Å². The molecule has 1 aliphatic rings. The van der Waals surface area contributed by atoms with E-state index in [0.29, 0.717) is 28.4 Å². The van der Waals surface area contributed by atoms with Crippen LogP contribution in [0.15, 0.2) is 60.0 Å². The van der Waals surface area contributed by atoms with Crippen LogP contribution in [-0.2, 0) is 6.42 Å². The lowest BCUT2D eigenvalue weighted by Gasteiger charge is -2.21. The normalized spacial score (nSPS) is 13.5. The molecule has 0 spiro atoms. The van der Waals surface area contributed by atoms with E-state index in [4.69, 9.17) is 11.6 Å². The van der Waals surface area contributed by atoms with Gasteiger partial charge in [-0.05, 0) is 61.0 Å². The number of benzene rings is 2. The molecule has 3 aromatic rings. The van der Waals surface area contributed by atoms with Gasteiger partial charge in [0, 0.05) is 22.5 Å². The Morgan fingerprint density at radius 1 is 1.00 bits per heavy atom. The van der Waals surface area contributed by atoms with Crippen molar-refractivity contribution in [2.45, 2.75) is 19.3 Å². The topological polar surface area (TPSA) is 49.4 Å². The first-order valence-corrected chi connectivity index (χ1v) is 10.4. The zero-order chi connectivity index (χ0) is 19.5. The number of nitrogens with zero attached hydrogens (tertiary/aromatic N) is 1. The van der Waals surface area contributed by atoms with Gasteiger partial charge in [0.2, 0.25) is 0 Å². The van der Waals surface area contributed by atoms with Gasteiger partial charge in [-0.3, -0.25) is 9.59 Å². The quantitative estimate of drug-likeness (QED) is 0.607. The Morgan fingerprint density at radius 2 is 1.82 bits per heavy atom. The summed E-state index contributed by atoms with van der Waals surface area (Å²) in [7, 11) is 0. The van der Waals surface area contributed by atoms with E-state index in [1.165, 1.54) is 4.88 Å². The first kappa shape index (κ1) is 18.7. The number of nitrogens with one attached hydrogen (secondary N) is 1. The van der Waals surface area contributed by atoms with E-state index in [0.717, 1.165) is 24.9 Å². The summed E-state index contributed by atoms with van der Waals surface area (Å²) >= 11 is 8.07. The number of fused-ring (bicyclic) bond motifs is 1. The molecule has 1 aromatic heterocycles. The molecule has 2 amide bonds. The molecule has 142 valence electrons. The Kier molecular flexibility index (Phi) is 5.46. The van der Waals surface area contributed by atoms with E-state index in [1.807, 2.05) is 22.4 Å². The minimum Gasteiger partial charge on any atom is -0.321 e. The summed E-state index contributed by atoms with van der Waals surface area (Å²) in [5, 5.41) is 5.18. The Morgan fingerprint density at radius 3 is 2.61 bits per heavy atom. The average molecular weight is 411 g/mol. The fourth-order valence-corrected chi connectivity index (χ4v) is 4.49. The third-order valence-electron chi connectivity index (χ3n) is 4.79. The Balaban J connectivity index is 1.55. The lowest BCUT2D eigenvalue weighted by Crippen LogP contribution is -2.31. The summed E-state index contributed by atoms with van der Waals surface area (Å²) in [4.78, 5) is 28.5. The van der Waals surface area contributed by atoms with Gasteiger partial charge in [0.1, 0.15) is 0 Å². The maximum atomic E-state index is 13.1. The maximum Gasteiger partial charge on any atom is 0.258 e. The smallest absolute Gasteiger partial charge is 0.258 e. The van der Waals surface area contributed by atoms with Gasteiger partial charge in [0.15, 0.2) is 0 Å². The van der Waals surface area contributed by atoms with Crippen molar-refractivity contribution in [3.63, 3.8) is 0 Å². The van der Waals surface area contributed by atoms with Crippen LogP contribution in [0.25, 0.3) is 0 Å². The SMILES string of the molecule is O=C(Nc1ccc(C(=O)N2CCCCc3sccc32)cc1Cl)c1ccccc1. The van der Waals surface area contributed by atoms with E-state index in [2.05, 4.69) is 5.32 Å². The highest BCUT2D eigenvalue weighted by Gasteiger charge is 2.23. The Bertz CT molecular complexity index is 1020. The van der Waals surface area contributed by atoms with Crippen molar-refractivity contribution in [3.05, 3.63) is 81.0 Å². The molecule has 0 fully saturated rings. The van der Waals surface area contributed by atoms with Crippen molar-refractivity contribution in [1.29, 1.82) is 0 Å². The number of hydrogen-bond acceptors (Lipinski definition) is 3. The van der Waals surface area contributed by atoms with Crippen LogP contribution in [0.2, 0.25) is 5.02 Å². The molecule has 1 N–H and O–H groups in total. The number of carbonyl (C=O) groups excluding carboxylic acids is 2. The van der Waals surface area contributed by atoms with Crippen molar-refractivity contribution in [3.8, 4) is 0 Å². The maximum absolute atomic E-state index is 13.1. The van der Waals surface area contributed by atoms with Gasteiger partial charge in [0.05, 0.1) is 16.4 Å². The molecule has 0 saturated carbocycles. The molecule has 0 atom stereocenters. The van der Waals surface area contributed by atoms with Crippen LogP contribution in [0.3, 0.4) is 0 Å². The largest absolute Gasteiger partial charge is 0.321 e. The van der Waals surface area contributed by atoms with Gasteiger partial charge < -0.3 is 10.2 Å². The van der Waals surface area contributed by atoms with Crippen molar-refractivity contribution < 1.29 is 9.59 Å². The molecule has 0 unspecified atom stereocenters. The third kappa shape index (κ3) is 3.81. The van der Waals surface area contributed by atoms with Gasteiger partial charge in [-0.25, -0.2) is 0 Å². The van der Waals surface area contributed by atoms with Gasteiger partial charge in [0.25, 0.3) is 11.8 Å². The molecule has 0 saturated heterocycles. The predicted molar refractivity (Wildman–Crippen MR) is 115 cm³/mol. The molecule has 0 radical (unpaired) electrons. The second kappa shape index (κ2) is 8.17. The van der Waals surface area contributed by atoms with Crippen molar-refractivity contribution >= 4 is 46.1 Å². The Hall–Kier alpha value is -2.63. The van der Waals surface area contributed by atoms with Gasteiger partial charge in [-0.15, -0.1) is 11.3 Å². The zero-order valence-corrected chi connectivity index (χ0v) is 16.7. The van der Waals surface area contributed by atoms with E-state index in [-0.39, 0.29) is 11.8 Å². The van der Waals surface area contributed by atoms with E-state index < -0.39 is 0 Å². The number of thiophene rings is 1. The molecule has 0 bridgehead atoms. The summed E-state index contributed by atoms with van der Waals surface area (Å²) in [6.45, 7) is 0.701. The van der Waals surface area contributed by atoms with Gasteiger partial charge >= 0.3 is 0 Å². The summed E-state index contributed by atoms with van der Waals surface area (Å²) in [5.74, 6) is -0.304. The number of rotatable bonds is 3. The van der Waals surface area contributed by atoms with E-state index in [9.17, 15) is 9.59 Å². The first-order valence-electron chi connectivity index (χ1n) is 9.17. The van der Waals surface area contributed by atoms with Crippen molar-refractivity contribution in [2.24, 2.45) is 0 Å². The number of amides is 2. The van der Waals surface area contributed by atoms with Crippen LogP contribution in [0, 0.1) is 0 Å². The first-order chi connectivity index (χ1) is 13.6. The van der Waals surface area contributed by atoms with Crippen molar-refractivity contribution in [1.82, 2.24) is 0 Å². The third-order valence-corrected chi connectivity index (χ3v) is 6.08. The van der Waals surface area contributed by atoms with Crippen LogP contribution in [0.1, 0.15) is 38.4 Å². The summed E-state index contributed by atoms with van der Waals surface area (Å²) in [6, 6.07) is 16.0. The van der Waals surface area contributed by atoms with E-state index in [1.54, 1.807) is 53.8 Å². The molecule has 2 heterocycles. The lowest BCUT2D eigenvalue weighted by atomic mass is 10.1. The number of halogens is 1. The summed E-state index contributed by atoms with van der Waals surface area (Å²) in [6.07, 6.45) is 3.08. The van der Waals surface area contributed by atoms with Crippen LogP contribution >= 0.6 is 22.9 Å². The number of hydrogen-bond donors (Lipinski definition) is 1. The highest BCUT2D eigenvalue weighted by Crippen LogP contribution is 2.33. The average Bonchev–Trinajstić information content (AvgIpc) is 3.09. The molecular formula is C22H19ClN2O2S. The van der Waals surface area contributed by atoms with Crippen LogP contribution in [0.4, 0.5) is 11.4 Å². The van der Waals surface area contributed by atoms with Gasteiger partial charge in [-0.2, -0.15) is 0 Å². The molecule has 2 aromatic carbocycles. The number of anilines is 2. The van der Waals surface area contributed by atoms with Gasteiger partial charge in [-0.1, -0.05) is 29.8 Å². The van der Waals surface area contributed by atoms with Crippen LogP contribution < -0.4 is 10.2 Å². The standard InChI is InChI=1S/C22H19ClN2O2S/c23-17-14-16(9-10-18(17)24-21(26)15-6-2-1-3-7-15)22(27)25-12-5-4-8-20-19(25)11-13-28-20/h1-3,6-7,9-11,13-14H,4-5,8,12H2,(H,24,26). The fraction of sp³-hybridized carbons (Fsp3) is 0.182. The molecule has 4 nitrogen and oxygen atoms in total. The molecule has 4 rings (SSSR count). The molecule has 0 aliphatic carbocycles. The predicted octanol–water partition coefficient (Wildman–Crippen LogP) is 5.64. The van der Waals surface area contributed by atoms with Crippen LogP contribution in [0.5, 0.6) is 0 Å². The Labute approximate surface area is 172 Å². The van der Waals surface area contributed by atoms with Crippen molar-refractivity contribution in [2.75, 3.05) is 16.8 Å². The molecule has 28 heavy (non-hydrogen) atoms. The highest BCUT2D eigenvalue weighted by molar-refractivity contribution is 7.10. The highest BCUT2D eigenvalue weighted by atomic mass is 35.5. The number of aryl methyl sites for hydroxylation is 1. The molecular weight excluding hydrogens is 392 g/mol. The second-order valence-electron chi connectivity index (χ2n) is 6.66. The summed E-state index contributed by atoms with van der Waals surface area (Å²) in [5.41, 5.74) is 2.55. The minimum absolute atomic E-state index is 0.0654. The fourth-order valence-electron chi connectivity index (χ4n) is 3.34. The van der Waals surface area contributed by atoms with Crippen LogP contribution in [-0.4, -0.2) is 18.4 Å². The number of carbonyl (C=O) groups is 2.